The Morgan fingerprint density at radius 1 is 1.00 bits per heavy atom. The van der Waals surface area contributed by atoms with Crippen molar-refractivity contribution >= 4 is 57.7 Å². The van der Waals surface area contributed by atoms with Crippen LogP contribution in [0.25, 0.3) is 10.9 Å². The van der Waals surface area contributed by atoms with Gasteiger partial charge in [0.2, 0.25) is 23.6 Å². The number of nitrogens with zero attached hydrogens (tertiary/aromatic N) is 3. The van der Waals surface area contributed by atoms with Gasteiger partial charge >= 0.3 is 5.97 Å². The van der Waals surface area contributed by atoms with E-state index in [4.69, 9.17) is 0 Å². The zero-order valence-electron chi connectivity index (χ0n) is 29.4. The summed E-state index contributed by atoms with van der Waals surface area (Å²) in [5.74, 6) is -3.76. The first-order chi connectivity index (χ1) is 25.5. The highest BCUT2D eigenvalue weighted by Crippen LogP contribution is 2.24. The average molecular weight is 742 g/mol. The van der Waals surface area contributed by atoms with Gasteiger partial charge in [0.25, 0.3) is 5.91 Å². The predicted octanol–water partition coefficient (Wildman–Crippen LogP) is 2.30. The van der Waals surface area contributed by atoms with Gasteiger partial charge in [-0.1, -0.05) is 48.5 Å². The number of carboxylic acid groups (broad SMARTS) is 1. The Kier molecular flexibility index (Phi) is 11.8. The Bertz CT molecular complexity index is 1990. The molecule has 2 aromatic heterocycles. The molecule has 0 unspecified atom stereocenters. The first kappa shape index (κ1) is 37.2. The molecule has 2 aromatic carbocycles. The number of nitrogens with one attached hydrogen (secondary N) is 4. The highest BCUT2D eigenvalue weighted by Gasteiger charge is 2.43. The van der Waals surface area contributed by atoms with Crippen LogP contribution in [0.3, 0.4) is 0 Å². The van der Waals surface area contributed by atoms with Gasteiger partial charge in [0.1, 0.15) is 23.8 Å². The van der Waals surface area contributed by atoms with Gasteiger partial charge in [-0.2, -0.15) is 0 Å². The van der Waals surface area contributed by atoms with Gasteiger partial charge in [0.15, 0.2) is 0 Å². The number of para-hydroxylation sites is 1. The van der Waals surface area contributed by atoms with Gasteiger partial charge < -0.3 is 35.8 Å². The largest absolute Gasteiger partial charge is 0.480 e. The fourth-order valence-corrected chi connectivity index (χ4v) is 7.81. The summed E-state index contributed by atoms with van der Waals surface area (Å²) >= 11 is 1.34. The Labute approximate surface area is 310 Å². The lowest BCUT2D eigenvalue weighted by molar-refractivity contribution is -0.144. The number of rotatable bonds is 8. The Balaban J connectivity index is 1.22. The molecule has 5 N–H and O–H groups in total. The van der Waals surface area contributed by atoms with Crippen molar-refractivity contribution in [3.63, 3.8) is 0 Å². The molecule has 15 heteroatoms. The molecule has 2 saturated heterocycles. The van der Waals surface area contributed by atoms with Crippen molar-refractivity contribution in [3.05, 3.63) is 88.0 Å². The average Bonchev–Trinajstić information content (AvgIpc) is 3.86. The number of hydrogen-bond acceptors (Lipinski definition) is 8. The number of aryl methyl sites for hydroxylation is 1. The third-order valence-electron chi connectivity index (χ3n) is 9.68. The number of hydrogen-bond donors (Lipinski definition) is 5. The topological polar surface area (TPSA) is 192 Å². The van der Waals surface area contributed by atoms with Crippen LogP contribution in [-0.2, 0) is 43.9 Å². The number of carbonyl (C=O) groups excluding carboxylic acids is 5. The number of benzene rings is 2. The minimum atomic E-state index is -1.37. The second-order valence-corrected chi connectivity index (χ2v) is 14.5. The van der Waals surface area contributed by atoms with E-state index in [-0.39, 0.29) is 56.2 Å². The zero-order valence-corrected chi connectivity index (χ0v) is 30.2. The smallest absolute Gasteiger partial charge is 0.326 e. The van der Waals surface area contributed by atoms with Crippen LogP contribution >= 0.6 is 11.3 Å². The second kappa shape index (κ2) is 16.8. The van der Waals surface area contributed by atoms with Crippen molar-refractivity contribution in [2.24, 2.45) is 7.05 Å². The quantitative estimate of drug-likeness (QED) is 0.182. The normalized spacial score (nSPS) is 21.5. The molecule has 2 aliphatic heterocycles. The van der Waals surface area contributed by atoms with Gasteiger partial charge in [-0.25, -0.2) is 9.78 Å². The minimum Gasteiger partial charge on any atom is -0.480 e. The second-order valence-electron chi connectivity index (χ2n) is 13.6. The van der Waals surface area contributed by atoms with Crippen molar-refractivity contribution in [3.8, 4) is 0 Å². The van der Waals surface area contributed by atoms with Crippen molar-refractivity contribution in [1.82, 2.24) is 35.7 Å². The Morgan fingerprint density at radius 2 is 1.77 bits per heavy atom. The van der Waals surface area contributed by atoms with E-state index in [2.05, 4.69) is 26.3 Å². The van der Waals surface area contributed by atoms with E-state index in [0.717, 1.165) is 27.0 Å². The monoisotopic (exact) mass is 741 g/mol. The lowest BCUT2D eigenvalue weighted by Crippen LogP contribution is -2.55. The third kappa shape index (κ3) is 9.27. The molecule has 0 radical (unpaired) electrons. The fraction of sp³-hybridized carbons (Fsp3) is 0.395. The predicted molar refractivity (Wildman–Crippen MR) is 197 cm³/mol. The van der Waals surface area contributed by atoms with E-state index in [1.807, 2.05) is 72.4 Å². The van der Waals surface area contributed by atoms with Crippen molar-refractivity contribution < 1.29 is 33.9 Å². The SMILES string of the molecule is Cn1cc(CC(=O)N[C@@H]2C[C@H]3C(=O)N[C@H](C(=O)O)CCC(=O)NCCCC[C@H](NC(=O)c4csc(Cc5ccccc5)n4)C(=O)N3C2)c2ccccc21. The van der Waals surface area contributed by atoms with Crippen LogP contribution in [0.5, 0.6) is 0 Å². The molecule has 2 aliphatic rings. The molecular formula is C38H43N7O7S. The van der Waals surface area contributed by atoms with Gasteiger partial charge in [-0.3, -0.25) is 24.0 Å². The molecule has 0 saturated carbocycles. The molecule has 2 fully saturated rings. The molecule has 4 heterocycles. The first-order valence-electron chi connectivity index (χ1n) is 17.8. The summed E-state index contributed by atoms with van der Waals surface area (Å²) in [6, 6.07) is 13.3. The minimum absolute atomic E-state index is 0.0275. The standard InChI is InChI=1S/C38H43N7O7S/c1-44-20-24(26-11-5-6-13-30(26)44)18-33(47)40-25-19-31-36(49)43-28(38(51)52)14-15-32(46)39-16-8-7-12-27(37(50)45(31)21-25)42-35(48)29-22-53-34(41-29)17-23-9-3-2-4-10-23/h2-6,9-11,13,20,22,25,27-28,31H,7-8,12,14-19,21H2,1H3,(H,39,46)(H,40,47)(H,42,48)(H,43,49)(H,51,52)/t25-,27+,28+,31+/m1/s1. The van der Waals surface area contributed by atoms with Crippen LogP contribution in [0.1, 0.15) is 65.1 Å². The molecule has 5 amide bonds. The zero-order chi connectivity index (χ0) is 37.5. The maximum Gasteiger partial charge on any atom is 0.326 e. The Hall–Kier alpha value is -5.57. The lowest BCUT2D eigenvalue weighted by Gasteiger charge is -2.29. The van der Waals surface area contributed by atoms with E-state index in [1.165, 1.54) is 16.2 Å². The van der Waals surface area contributed by atoms with Crippen molar-refractivity contribution in [2.75, 3.05) is 13.1 Å². The summed E-state index contributed by atoms with van der Waals surface area (Å²) in [4.78, 5) is 85.5. The molecule has 14 nitrogen and oxygen atoms in total. The Morgan fingerprint density at radius 3 is 2.57 bits per heavy atom. The van der Waals surface area contributed by atoms with Gasteiger partial charge in [0, 0.05) is 61.5 Å². The highest BCUT2D eigenvalue weighted by atomic mass is 32.1. The maximum atomic E-state index is 14.4. The maximum absolute atomic E-state index is 14.4. The molecular weight excluding hydrogens is 699 g/mol. The van der Waals surface area contributed by atoms with Crippen LogP contribution in [0.4, 0.5) is 0 Å². The molecule has 53 heavy (non-hydrogen) atoms. The molecule has 4 atom stereocenters. The number of aromatic nitrogens is 2. The highest BCUT2D eigenvalue weighted by molar-refractivity contribution is 7.09. The third-order valence-corrected chi connectivity index (χ3v) is 10.5. The van der Waals surface area contributed by atoms with Gasteiger partial charge in [-0.05, 0) is 49.3 Å². The van der Waals surface area contributed by atoms with Crippen LogP contribution < -0.4 is 21.3 Å². The molecule has 0 spiro atoms. The van der Waals surface area contributed by atoms with E-state index < -0.39 is 47.9 Å². The van der Waals surface area contributed by atoms with Crippen molar-refractivity contribution in [1.29, 1.82) is 0 Å². The summed E-state index contributed by atoms with van der Waals surface area (Å²) < 4.78 is 1.94. The number of carbonyl (C=O) groups is 6. The van der Waals surface area contributed by atoms with E-state index in [1.54, 1.807) is 5.38 Å². The number of amides is 5. The number of fused-ring (bicyclic) bond motifs is 2. The number of thiazole rings is 1. The van der Waals surface area contributed by atoms with Crippen molar-refractivity contribution in [2.45, 2.75) is 75.5 Å². The van der Waals surface area contributed by atoms with Crippen LogP contribution in [-0.4, -0.2) is 92.3 Å². The molecule has 0 aliphatic carbocycles. The molecule has 278 valence electrons. The van der Waals surface area contributed by atoms with Gasteiger partial charge in [0.05, 0.1) is 11.4 Å². The molecule has 4 aromatic rings. The van der Waals surface area contributed by atoms with Crippen LogP contribution in [0.15, 0.2) is 66.2 Å². The number of carboxylic acids is 1. The number of aliphatic carboxylic acids is 1. The van der Waals surface area contributed by atoms with Gasteiger partial charge in [-0.15, -0.1) is 11.3 Å². The van der Waals surface area contributed by atoms with Crippen LogP contribution in [0, 0.1) is 0 Å². The lowest BCUT2D eigenvalue weighted by atomic mass is 10.1. The summed E-state index contributed by atoms with van der Waals surface area (Å²) in [5, 5.41) is 24.3. The summed E-state index contributed by atoms with van der Waals surface area (Å²) in [6.45, 7) is 0.268. The van der Waals surface area contributed by atoms with E-state index >= 15 is 0 Å². The molecule has 6 rings (SSSR count). The van der Waals surface area contributed by atoms with E-state index in [0.29, 0.717) is 25.8 Å². The summed E-state index contributed by atoms with van der Waals surface area (Å²) in [5.41, 5.74) is 3.01. The van der Waals surface area contributed by atoms with Crippen LogP contribution in [0.2, 0.25) is 0 Å². The van der Waals surface area contributed by atoms with E-state index in [9.17, 15) is 33.9 Å². The molecule has 0 bridgehead atoms. The summed E-state index contributed by atoms with van der Waals surface area (Å²) in [6.07, 6.45) is 3.45. The fourth-order valence-electron chi connectivity index (χ4n) is 7.00. The summed E-state index contributed by atoms with van der Waals surface area (Å²) in [7, 11) is 1.90. The first-order valence-corrected chi connectivity index (χ1v) is 18.7.